The zero-order valence-electron chi connectivity index (χ0n) is 12.6. The lowest BCUT2D eigenvalue weighted by Gasteiger charge is -2.38. The molecule has 21 heavy (non-hydrogen) atoms. The van der Waals surface area contributed by atoms with Crippen molar-refractivity contribution in [2.45, 2.75) is 31.8 Å². The van der Waals surface area contributed by atoms with Crippen molar-refractivity contribution in [3.05, 3.63) is 53.6 Å². The average molecular weight is 284 g/mol. The maximum atomic E-state index is 9.78. The lowest BCUT2D eigenvalue weighted by atomic mass is 9.80. The SMILES string of the molecule is COc1cc(C2CC(C)(C)Oc3ccccc32)ccc1O. The Balaban J connectivity index is 2.09. The molecule has 0 bridgehead atoms. The quantitative estimate of drug-likeness (QED) is 0.902. The molecule has 1 unspecified atom stereocenters. The average Bonchev–Trinajstić information content (AvgIpc) is 2.46. The van der Waals surface area contributed by atoms with Gasteiger partial charge in [-0.05, 0) is 44.0 Å². The van der Waals surface area contributed by atoms with Crippen LogP contribution in [-0.4, -0.2) is 17.8 Å². The van der Waals surface area contributed by atoms with Gasteiger partial charge in [-0.15, -0.1) is 0 Å². The summed E-state index contributed by atoms with van der Waals surface area (Å²) in [6, 6.07) is 13.7. The number of benzene rings is 2. The summed E-state index contributed by atoms with van der Waals surface area (Å²) in [5.41, 5.74) is 2.10. The molecule has 0 amide bonds. The maximum absolute atomic E-state index is 9.78. The number of ether oxygens (including phenoxy) is 2. The Bertz CT molecular complexity index is 661. The third kappa shape index (κ3) is 2.56. The van der Waals surface area contributed by atoms with E-state index in [0.29, 0.717) is 5.75 Å². The van der Waals surface area contributed by atoms with E-state index in [1.165, 1.54) is 5.56 Å². The molecule has 3 rings (SSSR count). The molecule has 0 radical (unpaired) electrons. The summed E-state index contributed by atoms with van der Waals surface area (Å²) < 4.78 is 11.3. The highest BCUT2D eigenvalue weighted by atomic mass is 16.5. The van der Waals surface area contributed by atoms with Crippen molar-refractivity contribution in [3.63, 3.8) is 0 Å². The van der Waals surface area contributed by atoms with Crippen LogP contribution in [-0.2, 0) is 0 Å². The van der Waals surface area contributed by atoms with Gasteiger partial charge in [-0.1, -0.05) is 24.3 Å². The topological polar surface area (TPSA) is 38.7 Å². The highest BCUT2D eigenvalue weighted by Gasteiger charge is 2.34. The van der Waals surface area contributed by atoms with E-state index in [1.807, 2.05) is 30.3 Å². The minimum absolute atomic E-state index is 0.167. The first-order chi connectivity index (χ1) is 10.00. The monoisotopic (exact) mass is 284 g/mol. The molecule has 0 fully saturated rings. The van der Waals surface area contributed by atoms with Gasteiger partial charge in [0.05, 0.1) is 7.11 Å². The molecule has 1 aliphatic heterocycles. The van der Waals surface area contributed by atoms with Gasteiger partial charge < -0.3 is 14.6 Å². The standard InChI is InChI=1S/C18H20O3/c1-18(2)11-14(13-6-4-5-7-16(13)21-18)12-8-9-15(19)17(10-12)20-3/h4-10,14,19H,11H2,1-3H3. The summed E-state index contributed by atoms with van der Waals surface area (Å²) >= 11 is 0. The van der Waals surface area contributed by atoms with Crippen LogP contribution in [0.5, 0.6) is 17.2 Å². The Morgan fingerprint density at radius 3 is 2.71 bits per heavy atom. The first-order valence-electron chi connectivity index (χ1n) is 7.15. The molecular formula is C18H20O3. The fourth-order valence-electron chi connectivity index (χ4n) is 3.01. The second kappa shape index (κ2) is 4.99. The van der Waals surface area contributed by atoms with Gasteiger partial charge >= 0.3 is 0 Å². The summed E-state index contributed by atoms with van der Waals surface area (Å²) in [5, 5.41) is 9.78. The van der Waals surface area contributed by atoms with Crippen molar-refractivity contribution >= 4 is 0 Å². The number of aromatic hydroxyl groups is 1. The van der Waals surface area contributed by atoms with E-state index in [4.69, 9.17) is 9.47 Å². The predicted octanol–water partition coefficient (Wildman–Crippen LogP) is 4.09. The van der Waals surface area contributed by atoms with E-state index in [1.54, 1.807) is 13.2 Å². The Kier molecular flexibility index (Phi) is 3.28. The summed E-state index contributed by atoms with van der Waals surface area (Å²) in [4.78, 5) is 0. The van der Waals surface area contributed by atoms with Crippen molar-refractivity contribution in [3.8, 4) is 17.2 Å². The minimum Gasteiger partial charge on any atom is -0.504 e. The number of rotatable bonds is 2. The van der Waals surface area contributed by atoms with Crippen molar-refractivity contribution in [1.82, 2.24) is 0 Å². The molecular weight excluding hydrogens is 264 g/mol. The van der Waals surface area contributed by atoms with Gasteiger partial charge in [0.25, 0.3) is 0 Å². The third-order valence-corrected chi connectivity index (χ3v) is 3.98. The number of methoxy groups -OCH3 is 1. The predicted molar refractivity (Wildman–Crippen MR) is 82.3 cm³/mol. The van der Waals surface area contributed by atoms with Crippen LogP contribution in [0.2, 0.25) is 0 Å². The number of phenols is 1. The van der Waals surface area contributed by atoms with E-state index >= 15 is 0 Å². The molecule has 1 heterocycles. The normalized spacial score (nSPS) is 19.5. The largest absolute Gasteiger partial charge is 0.504 e. The van der Waals surface area contributed by atoms with Crippen LogP contribution in [0.3, 0.4) is 0 Å². The van der Waals surface area contributed by atoms with E-state index in [9.17, 15) is 5.11 Å². The van der Waals surface area contributed by atoms with Crippen molar-refractivity contribution < 1.29 is 14.6 Å². The van der Waals surface area contributed by atoms with Gasteiger partial charge in [-0.3, -0.25) is 0 Å². The first-order valence-corrected chi connectivity index (χ1v) is 7.15. The van der Waals surface area contributed by atoms with Crippen molar-refractivity contribution in [1.29, 1.82) is 0 Å². The van der Waals surface area contributed by atoms with Crippen LogP contribution >= 0.6 is 0 Å². The third-order valence-electron chi connectivity index (χ3n) is 3.98. The minimum atomic E-state index is -0.218. The molecule has 2 aromatic rings. The summed E-state index contributed by atoms with van der Waals surface area (Å²) in [5.74, 6) is 1.85. The number of fused-ring (bicyclic) bond motifs is 1. The van der Waals surface area contributed by atoms with Crippen molar-refractivity contribution in [2.24, 2.45) is 0 Å². The molecule has 1 aliphatic rings. The van der Waals surface area contributed by atoms with Crippen LogP contribution in [0.25, 0.3) is 0 Å². The van der Waals surface area contributed by atoms with E-state index in [2.05, 4.69) is 19.9 Å². The van der Waals surface area contributed by atoms with Gasteiger partial charge in [0.15, 0.2) is 11.5 Å². The number of hydrogen-bond acceptors (Lipinski definition) is 3. The fourth-order valence-corrected chi connectivity index (χ4v) is 3.01. The number of hydrogen-bond donors (Lipinski definition) is 1. The smallest absolute Gasteiger partial charge is 0.160 e. The second-order valence-corrected chi connectivity index (χ2v) is 6.09. The van der Waals surface area contributed by atoms with Gasteiger partial charge in [0, 0.05) is 11.5 Å². The molecule has 0 saturated heterocycles. The van der Waals surface area contributed by atoms with Crippen LogP contribution in [0.4, 0.5) is 0 Å². The van der Waals surface area contributed by atoms with Gasteiger partial charge in [0.2, 0.25) is 0 Å². The molecule has 2 aromatic carbocycles. The lowest BCUT2D eigenvalue weighted by Crippen LogP contribution is -2.35. The maximum Gasteiger partial charge on any atom is 0.160 e. The second-order valence-electron chi connectivity index (χ2n) is 6.09. The Hall–Kier alpha value is -2.16. The molecule has 0 saturated carbocycles. The molecule has 0 aliphatic carbocycles. The zero-order chi connectivity index (χ0) is 15.0. The van der Waals surface area contributed by atoms with Gasteiger partial charge in [-0.25, -0.2) is 0 Å². The summed E-state index contributed by atoms with van der Waals surface area (Å²) in [6.45, 7) is 4.21. The Labute approximate surface area is 125 Å². The molecule has 1 N–H and O–H groups in total. The Morgan fingerprint density at radius 2 is 1.95 bits per heavy atom. The van der Waals surface area contributed by atoms with Gasteiger partial charge in [-0.2, -0.15) is 0 Å². The number of phenolic OH excluding ortho intramolecular Hbond substituents is 1. The van der Waals surface area contributed by atoms with E-state index in [-0.39, 0.29) is 17.3 Å². The van der Waals surface area contributed by atoms with Crippen LogP contribution in [0, 0.1) is 0 Å². The van der Waals surface area contributed by atoms with Crippen LogP contribution in [0.1, 0.15) is 37.3 Å². The molecule has 0 spiro atoms. The van der Waals surface area contributed by atoms with Crippen LogP contribution in [0.15, 0.2) is 42.5 Å². The zero-order valence-corrected chi connectivity index (χ0v) is 12.6. The molecule has 1 atom stereocenters. The van der Waals surface area contributed by atoms with Gasteiger partial charge in [0.1, 0.15) is 11.4 Å². The summed E-state index contributed by atoms with van der Waals surface area (Å²) in [7, 11) is 1.57. The Morgan fingerprint density at radius 1 is 1.19 bits per heavy atom. The molecule has 3 nitrogen and oxygen atoms in total. The number of para-hydroxylation sites is 1. The first kappa shape index (κ1) is 13.8. The van der Waals surface area contributed by atoms with Crippen molar-refractivity contribution in [2.75, 3.05) is 7.11 Å². The lowest BCUT2D eigenvalue weighted by molar-refractivity contribution is 0.0774. The van der Waals surface area contributed by atoms with E-state index < -0.39 is 0 Å². The van der Waals surface area contributed by atoms with E-state index in [0.717, 1.165) is 17.7 Å². The highest BCUT2D eigenvalue weighted by molar-refractivity contribution is 5.49. The van der Waals surface area contributed by atoms with Crippen LogP contribution < -0.4 is 9.47 Å². The fraction of sp³-hybridized carbons (Fsp3) is 0.333. The molecule has 110 valence electrons. The highest BCUT2D eigenvalue weighted by Crippen LogP contribution is 2.45. The molecule has 0 aromatic heterocycles. The summed E-state index contributed by atoms with van der Waals surface area (Å²) in [6.07, 6.45) is 0.887. The molecule has 3 heteroatoms.